The molecule has 1 N–H and O–H groups in total. The van der Waals surface area contributed by atoms with E-state index in [1.807, 2.05) is 4.90 Å². The van der Waals surface area contributed by atoms with Crippen molar-refractivity contribution in [2.75, 3.05) is 19.6 Å². The molecule has 1 radical (unpaired) electrons. The fourth-order valence-corrected chi connectivity index (χ4v) is 2.07. The lowest BCUT2D eigenvalue weighted by Gasteiger charge is -2.31. The van der Waals surface area contributed by atoms with Crippen LogP contribution in [0, 0.1) is 5.92 Å². The van der Waals surface area contributed by atoms with Gasteiger partial charge < -0.3 is 10.2 Å². The third-order valence-corrected chi connectivity index (χ3v) is 3.05. The van der Waals surface area contributed by atoms with Gasteiger partial charge in [-0.15, -0.1) is 0 Å². The van der Waals surface area contributed by atoms with Crippen molar-refractivity contribution in [1.29, 1.82) is 0 Å². The molecule has 0 unspecified atom stereocenters. The van der Waals surface area contributed by atoms with Crippen LogP contribution in [0.4, 0.5) is 0 Å². The van der Waals surface area contributed by atoms with Crippen molar-refractivity contribution < 1.29 is 9.59 Å². The van der Waals surface area contributed by atoms with Crippen molar-refractivity contribution in [2.24, 2.45) is 5.92 Å². The summed E-state index contributed by atoms with van der Waals surface area (Å²) < 4.78 is 0. The molecule has 1 rings (SSSR count). The quantitative estimate of drug-likeness (QED) is 0.537. The van der Waals surface area contributed by atoms with Crippen LogP contribution in [-0.2, 0) is 9.59 Å². The molecule has 0 bridgehead atoms. The van der Waals surface area contributed by atoms with E-state index in [9.17, 15) is 9.59 Å². The van der Waals surface area contributed by atoms with Crippen LogP contribution in [0.15, 0.2) is 0 Å². The van der Waals surface area contributed by atoms with Gasteiger partial charge in [-0.2, -0.15) is 0 Å². The van der Waals surface area contributed by atoms with Gasteiger partial charge in [-0.3, -0.25) is 9.59 Å². The smallest absolute Gasteiger partial charge is 0.309 e. The minimum Gasteiger partial charge on any atom is -0.348 e. The highest BCUT2D eigenvalue weighted by atomic mass is 16.2. The number of hydrogen-bond donors (Lipinski definition) is 1. The summed E-state index contributed by atoms with van der Waals surface area (Å²) in [6.07, 6.45) is 6.03. The Kier molecular flexibility index (Phi) is 5.15. The number of rotatable bonds is 5. The second-order valence-corrected chi connectivity index (χ2v) is 4.12. The molecule has 1 aliphatic rings. The maximum absolute atomic E-state index is 11.1. The van der Waals surface area contributed by atoms with Gasteiger partial charge in [0.15, 0.2) is 0 Å². The minimum absolute atomic E-state index is 0.186. The summed E-state index contributed by atoms with van der Waals surface area (Å²) in [4.78, 5) is 22.9. The van der Waals surface area contributed by atoms with E-state index in [0.717, 1.165) is 45.3 Å². The number of nitrogens with one attached hydrogen (secondary N) is 1. The Balaban J connectivity index is 2.09. The molecular formula is C11H19N2O2. The summed E-state index contributed by atoms with van der Waals surface area (Å²) >= 11 is 0. The van der Waals surface area contributed by atoms with E-state index in [-0.39, 0.29) is 5.91 Å². The molecule has 0 aromatic rings. The third-order valence-electron chi connectivity index (χ3n) is 3.05. The van der Waals surface area contributed by atoms with Crippen molar-refractivity contribution in [2.45, 2.75) is 32.6 Å². The molecule has 1 heterocycles. The number of likely N-dealkylation sites (tertiary alicyclic amines) is 1. The summed E-state index contributed by atoms with van der Waals surface area (Å²) in [5, 5.41) is 2.54. The molecule has 0 aromatic carbocycles. The molecule has 0 aliphatic carbocycles. The third kappa shape index (κ3) is 4.32. The lowest BCUT2D eigenvalue weighted by Crippen LogP contribution is -2.37. The predicted octanol–water partition coefficient (Wildman–Crippen LogP) is 0.682. The molecule has 0 atom stereocenters. The van der Waals surface area contributed by atoms with Crippen LogP contribution in [0.2, 0.25) is 0 Å². The monoisotopic (exact) mass is 211 g/mol. The second kappa shape index (κ2) is 6.43. The minimum atomic E-state index is 0.186. The number of piperidine rings is 1. The van der Waals surface area contributed by atoms with E-state index < -0.39 is 0 Å². The molecule has 0 saturated carbocycles. The van der Waals surface area contributed by atoms with E-state index in [0.29, 0.717) is 5.92 Å². The Hall–Kier alpha value is -1.06. The molecule has 2 amide bonds. The van der Waals surface area contributed by atoms with Crippen LogP contribution in [-0.4, -0.2) is 36.9 Å². The zero-order chi connectivity index (χ0) is 11.1. The molecule has 85 valence electrons. The summed E-state index contributed by atoms with van der Waals surface area (Å²) in [5.41, 5.74) is 0. The van der Waals surface area contributed by atoms with Crippen LogP contribution in [0.3, 0.4) is 0 Å². The fourth-order valence-electron chi connectivity index (χ4n) is 2.07. The Bertz CT molecular complexity index is 211. The molecule has 1 saturated heterocycles. The highest BCUT2D eigenvalue weighted by Crippen LogP contribution is 2.21. The van der Waals surface area contributed by atoms with Crippen LogP contribution in [0.25, 0.3) is 0 Å². The highest BCUT2D eigenvalue weighted by molar-refractivity contribution is 5.73. The SMILES string of the molecule is CC(=O)N1CCC(CCCN[C]=O)CC1. The standard InChI is InChI=1S/C11H19N2O2/c1-10(15)13-7-4-11(5-8-13)3-2-6-12-9-14/h11H,2-8H2,1H3,(H,12,14). The zero-order valence-corrected chi connectivity index (χ0v) is 9.29. The van der Waals surface area contributed by atoms with E-state index in [2.05, 4.69) is 5.32 Å². The van der Waals surface area contributed by atoms with Crippen molar-refractivity contribution in [3.8, 4) is 0 Å². The Morgan fingerprint density at radius 3 is 2.67 bits per heavy atom. The van der Waals surface area contributed by atoms with Gasteiger partial charge in [0, 0.05) is 26.6 Å². The van der Waals surface area contributed by atoms with Gasteiger partial charge in [-0.05, 0) is 31.6 Å². The molecule has 4 nitrogen and oxygen atoms in total. The van der Waals surface area contributed by atoms with Crippen LogP contribution in [0.1, 0.15) is 32.6 Å². The van der Waals surface area contributed by atoms with E-state index in [1.54, 1.807) is 13.3 Å². The van der Waals surface area contributed by atoms with Gasteiger partial charge in [0.05, 0.1) is 0 Å². The average molecular weight is 211 g/mol. The molecule has 0 spiro atoms. The molecule has 4 heteroatoms. The number of hydrogen-bond acceptors (Lipinski definition) is 2. The van der Waals surface area contributed by atoms with E-state index in [4.69, 9.17) is 0 Å². The summed E-state index contributed by atoms with van der Waals surface area (Å²) in [6, 6.07) is 0. The number of nitrogens with zero attached hydrogens (tertiary/aromatic N) is 1. The first-order valence-electron chi connectivity index (χ1n) is 5.59. The van der Waals surface area contributed by atoms with Gasteiger partial charge in [0.25, 0.3) is 0 Å². The fraction of sp³-hybridized carbons (Fsp3) is 0.818. The van der Waals surface area contributed by atoms with Crippen molar-refractivity contribution >= 4 is 12.3 Å². The van der Waals surface area contributed by atoms with Crippen LogP contribution in [0.5, 0.6) is 0 Å². The first-order chi connectivity index (χ1) is 7.24. The average Bonchev–Trinajstić information content (AvgIpc) is 2.25. The largest absolute Gasteiger partial charge is 0.348 e. The number of carbonyl (C=O) groups is 1. The van der Waals surface area contributed by atoms with Crippen molar-refractivity contribution in [3.05, 3.63) is 0 Å². The zero-order valence-electron chi connectivity index (χ0n) is 9.29. The Morgan fingerprint density at radius 1 is 1.47 bits per heavy atom. The number of carbonyl (C=O) groups excluding carboxylic acids is 2. The molecule has 15 heavy (non-hydrogen) atoms. The molecule has 0 aromatic heterocycles. The first kappa shape index (κ1) is 12.0. The van der Waals surface area contributed by atoms with Gasteiger partial charge in [0.1, 0.15) is 0 Å². The van der Waals surface area contributed by atoms with E-state index >= 15 is 0 Å². The lowest BCUT2D eigenvalue weighted by atomic mass is 9.92. The van der Waals surface area contributed by atoms with Crippen LogP contribution < -0.4 is 5.32 Å². The van der Waals surface area contributed by atoms with Gasteiger partial charge in [-0.1, -0.05) is 0 Å². The van der Waals surface area contributed by atoms with Gasteiger partial charge >= 0.3 is 6.41 Å². The Labute approximate surface area is 91.0 Å². The summed E-state index contributed by atoms with van der Waals surface area (Å²) in [6.45, 7) is 4.14. The maximum atomic E-state index is 11.1. The lowest BCUT2D eigenvalue weighted by molar-refractivity contribution is -0.130. The molecule has 1 aliphatic heterocycles. The maximum Gasteiger partial charge on any atom is 0.309 e. The van der Waals surface area contributed by atoms with Crippen molar-refractivity contribution in [1.82, 2.24) is 10.2 Å². The second-order valence-electron chi connectivity index (χ2n) is 4.12. The first-order valence-corrected chi connectivity index (χ1v) is 5.59. The summed E-state index contributed by atoms with van der Waals surface area (Å²) in [5.74, 6) is 0.903. The van der Waals surface area contributed by atoms with Gasteiger partial charge in [0.2, 0.25) is 5.91 Å². The van der Waals surface area contributed by atoms with Crippen molar-refractivity contribution in [3.63, 3.8) is 0 Å². The Morgan fingerprint density at radius 2 is 2.13 bits per heavy atom. The number of amides is 2. The van der Waals surface area contributed by atoms with Gasteiger partial charge in [-0.25, -0.2) is 0 Å². The predicted molar refractivity (Wildman–Crippen MR) is 57.9 cm³/mol. The van der Waals surface area contributed by atoms with Crippen LogP contribution >= 0.6 is 0 Å². The molecule has 1 fully saturated rings. The molecular weight excluding hydrogens is 192 g/mol. The highest BCUT2D eigenvalue weighted by Gasteiger charge is 2.19. The normalized spacial score (nSPS) is 17.5. The summed E-state index contributed by atoms with van der Waals surface area (Å²) in [7, 11) is 0. The topological polar surface area (TPSA) is 49.4 Å². The van der Waals surface area contributed by atoms with E-state index in [1.165, 1.54) is 0 Å².